The van der Waals surface area contributed by atoms with Gasteiger partial charge in [0.2, 0.25) is 5.82 Å². The van der Waals surface area contributed by atoms with Crippen LogP contribution in [0.4, 0.5) is 0 Å². The number of H-pyrrole nitrogens is 1. The van der Waals surface area contributed by atoms with Crippen LogP contribution in [-0.4, -0.2) is 52.0 Å². The molecule has 3 heterocycles. The molecule has 4 rings (SSSR count). The predicted molar refractivity (Wildman–Crippen MR) is 110 cm³/mol. The molecule has 1 aromatic carbocycles. The normalized spacial score (nSPS) is 16.4. The quantitative estimate of drug-likeness (QED) is 0.646. The number of pyridine rings is 1. The maximum Gasteiger partial charge on any atom is 0.258 e. The van der Waals surface area contributed by atoms with Crippen LogP contribution in [0.25, 0.3) is 10.9 Å². The summed E-state index contributed by atoms with van der Waals surface area (Å²) in [5, 5.41) is 13.5. The van der Waals surface area contributed by atoms with E-state index in [4.69, 9.17) is 4.74 Å². The SMILES string of the molecule is COCCn1nnnc1[C@@H](c1cc2c(C)ccc(C)c2[nH]c1=O)[NH+]1CCCCC1. The third kappa shape index (κ3) is 3.82. The minimum atomic E-state index is -0.199. The van der Waals surface area contributed by atoms with E-state index in [9.17, 15) is 4.79 Å². The average molecular weight is 398 g/mol. The molecule has 0 radical (unpaired) electrons. The first-order valence-electron chi connectivity index (χ1n) is 10.3. The summed E-state index contributed by atoms with van der Waals surface area (Å²) in [6, 6.07) is 6.00. The Balaban J connectivity index is 1.88. The summed E-state index contributed by atoms with van der Waals surface area (Å²) in [5.74, 6) is 0.731. The number of aryl methyl sites for hydroxylation is 2. The van der Waals surface area contributed by atoms with Crippen LogP contribution in [0.5, 0.6) is 0 Å². The molecule has 0 unspecified atom stereocenters. The van der Waals surface area contributed by atoms with Crippen LogP contribution in [0.3, 0.4) is 0 Å². The van der Waals surface area contributed by atoms with Crippen molar-refractivity contribution in [2.75, 3.05) is 26.8 Å². The maximum atomic E-state index is 13.2. The van der Waals surface area contributed by atoms with Crippen molar-refractivity contribution in [2.24, 2.45) is 0 Å². The van der Waals surface area contributed by atoms with Crippen LogP contribution in [0, 0.1) is 13.8 Å². The molecule has 2 N–H and O–H groups in total. The average Bonchev–Trinajstić information content (AvgIpc) is 3.19. The smallest absolute Gasteiger partial charge is 0.258 e. The first-order chi connectivity index (χ1) is 14.1. The van der Waals surface area contributed by atoms with Gasteiger partial charge in [0.1, 0.15) is 0 Å². The van der Waals surface area contributed by atoms with E-state index in [0.29, 0.717) is 13.2 Å². The first kappa shape index (κ1) is 19.7. The second-order valence-electron chi connectivity index (χ2n) is 7.95. The van der Waals surface area contributed by atoms with Crippen LogP contribution in [-0.2, 0) is 11.3 Å². The largest absolute Gasteiger partial charge is 0.383 e. The third-order valence-corrected chi connectivity index (χ3v) is 6.01. The molecule has 1 atom stereocenters. The molecule has 3 aromatic rings. The number of aromatic nitrogens is 5. The fraction of sp³-hybridized carbons (Fsp3) is 0.524. The van der Waals surface area contributed by atoms with Gasteiger partial charge in [0, 0.05) is 12.5 Å². The Morgan fingerprint density at radius 1 is 1.21 bits per heavy atom. The molecular formula is C21H29N6O2+. The van der Waals surface area contributed by atoms with Crippen molar-refractivity contribution in [3.63, 3.8) is 0 Å². The van der Waals surface area contributed by atoms with Crippen LogP contribution >= 0.6 is 0 Å². The Hall–Kier alpha value is -2.58. The number of methoxy groups -OCH3 is 1. The van der Waals surface area contributed by atoms with E-state index >= 15 is 0 Å². The van der Waals surface area contributed by atoms with E-state index < -0.39 is 0 Å². The highest BCUT2D eigenvalue weighted by Gasteiger charge is 2.34. The van der Waals surface area contributed by atoms with Crippen molar-refractivity contribution in [1.29, 1.82) is 0 Å². The molecule has 154 valence electrons. The monoisotopic (exact) mass is 397 g/mol. The highest BCUT2D eigenvalue weighted by atomic mass is 16.5. The molecule has 8 heteroatoms. The Morgan fingerprint density at radius 3 is 2.72 bits per heavy atom. The number of fused-ring (bicyclic) bond motifs is 1. The summed E-state index contributed by atoms with van der Waals surface area (Å²) >= 11 is 0. The van der Waals surface area contributed by atoms with Gasteiger partial charge in [-0.3, -0.25) is 4.79 Å². The molecule has 29 heavy (non-hydrogen) atoms. The number of rotatable bonds is 6. The van der Waals surface area contributed by atoms with Crippen molar-refractivity contribution in [2.45, 2.75) is 45.7 Å². The minimum absolute atomic E-state index is 0.0597. The molecule has 1 fully saturated rings. The molecule has 0 saturated carbocycles. The zero-order chi connectivity index (χ0) is 20.4. The van der Waals surface area contributed by atoms with Gasteiger partial charge in [0.05, 0.1) is 37.3 Å². The van der Waals surface area contributed by atoms with Crippen molar-refractivity contribution in [3.8, 4) is 0 Å². The van der Waals surface area contributed by atoms with Crippen LogP contribution in [0.15, 0.2) is 23.0 Å². The van der Waals surface area contributed by atoms with Gasteiger partial charge >= 0.3 is 0 Å². The molecule has 1 saturated heterocycles. The number of hydrogen-bond donors (Lipinski definition) is 2. The summed E-state index contributed by atoms with van der Waals surface area (Å²) in [7, 11) is 1.66. The lowest BCUT2D eigenvalue weighted by atomic mass is 9.98. The number of piperidine rings is 1. The molecule has 0 amide bonds. The summed E-state index contributed by atoms with van der Waals surface area (Å²) in [4.78, 5) is 17.7. The molecule has 0 spiro atoms. The van der Waals surface area contributed by atoms with Gasteiger partial charge < -0.3 is 14.6 Å². The molecule has 2 aromatic heterocycles. The minimum Gasteiger partial charge on any atom is -0.383 e. The van der Waals surface area contributed by atoms with Crippen LogP contribution in [0.1, 0.15) is 47.8 Å². The Labute approximate surface area is 169 Å². The Bertz CT molecular complexity index is 1050. The summed E-state index contributed by atoms with van der Waals surface area (Å²) in [6.45, 7) is 7.20. The highest BCUT2D eigenvalue weighted by molar-refractivity contribution is 5.85. The predicted octanol–water partition coefficient (Wildman–Crippen LogP) is 0.936. The fourth-order valence-electron chi connectivity index (χ4n) is 4.40. The number of nitrogens with zero attached hydrogens (tertiary/aromatic N) is 4. The molecule has 0 aliphatic carbocycles. The lowest BCUT2D eigenvalue weighted by Crippen LogP contribution is -3.13. The summed E-state index contributed by atoms with van der Waals surface area (Å²) in [5.41, 5.74) is 3.80. The molecule has 0 bridgehead atoms. The van der Waals surface area contributed by atoms with Crippen molar-refractivity contribution < 1.29 is 9.64 Å². The lowest BCUT2D eigenvalue weighted by molar-refractivity contribution is -0.931. The summed E-state index contributed by atoms with van der Waals surface area (Å²) < 4.78 is 7.00. The summed E-state index contributed by atoms with van der Waals surface area (Å²) in [6.07, 6.45) is 3.53. The molecule has 1 aliphatic heterocycles. The van der Waals surface area contributed by atoms with Crippen LogP contribution in [0.2, 0.25) is 0 Å². The number of likely N-dealkylation sites (tertiary alicyclic amines) is 1. The Kier molecular flexibility index (Phi) is 5.73. The number of tetrazole rings is 1. The molecular weight excluding hydrogens is 368 g/mol. The van der Waals surface area contributed by atoms with Gasteiger partial charge in [-0.1, -0.05) is 12.1 Å². The lowest BCUT2D eigenvalue weighted by Gasteiger charge is -2.30. The highest BCUT2D eigenvalue weighted by Crippen LogP contribution is 2.23. The van der Waals surface area contributed by atoms with E-state index in [2.05, 4.69) is 39.6 Å². The van der Waals surface area contributed by atoms with E-state index in [1.807, 2.05) is 13.0 Å². The standard InChI is InChI=1S/C21H28N6O2/c1-14-7-8-15(2)18-16(14)13-17(21(28)22-18)19(26-9-5-4-6-10-26)20-23-24-25-27(20)11-12-29-3/h7-8,13,19H,4-6,9-12H2,1-3H3,(H,22,28)/p+1/t19-/m1/s1. The number of benzene rings is 1. The number of hydrogen-bond acceptors (Lipinski definition) is 5. The van der Waals surface area contributed by atoms with Crippen LogP contribution < -0.4 is 10.5 Å². The Morgan fingerprint density at radius 2 is 1.97 bits per heavy atom. The van der Waals surface area contributed by atoms with E-state index in [1.54, 1.807) is 11.8 Å². The van der Waals surface area contributed by atoms with Crippen molar-refractivity contribution in [3.05, 3.63) is 51.1 Å². The zero-order valence-electron chi connectivity index (χ0n) is 17.4. The number of nitrogens with one attached hydrogen (secondary N) is 2. The van der Waals surface area contributed by atoms with Gasteiger partial charge in [-0.15, -0.1) is 5.10 Å². The van der Waals surface area contributed by atoms with E-state index in [0.717, 1.165) is 59.3 Å². The van der Waals surface area contributed by atoms with E-state index in [-0.39, 0.29) is 11.6 Å². The zero-order valence-corrected chi connectivity index (χ0v) is 17.4. The fourth-order valence-corrected chi connectivity index (χ4v) is 4.40. The van der Waals surface area contributed by atoms with Gasteiger partial charge in [0.15, 0.2) is 6.04 Å². The number of aromatic amines is 1. The first-order valence-corrected chi connectivity index (χ1v) is 10.3. The van der Waals surface area contributed by atoms with Gasteiger partial charge in [-0.25, -0.2) is 4.68 Å². The second kappa shape index (κ2) is 8.42. The number of ether oxygens (including phenoxy) is 1. The van der Waals surface area contributed by atoms with Gasteiger partial charge in [-0.05, 0) is 60.7 Å². The second-order valence-corrected chi connectivity index (χ2v) is 7.95. The molecule has 1 aliphatic rings. The number of quaternary nitrogens is 1. The van der Waals surface area contributed by atoms with E-state index in [1.165, 1.54) is 11.3 Å². The molecule has 8 nitrogen and oxygen atoms in total. The maximum absolute atomic E-state index is 13.2. The topological polar surface area (TPSA) is 90.1 Å². The third-order valence-electron chi connectivity index (χ3n) is 6.01. The van der Waals surface area contributed by atoms with Crippen molar-refractivity contribution >= 4 is 10.9 Å². The van der Waals surface area contributed by atoms with Gasteiger partial charge in [0.25, 0.3) is 5.56 Å². The van der Waals surface area contributed by atoms with Gasteiger partial charge in [-0.2, -0.15) is 0 Å². The van der Waals surface area contributed by atoms with Crippen molar-refractivity contribution in [1.82, 2.24) is 25.2 Å².